The molecule has 3 rings (SSSR count). The van der Waals surface area contributed by atoms with E-state index in [1.165, 1.54) is 0 Å². The molecular formula is C34H67N9O9. The van der Waals surface area contributed by atoms with Crippen LogP contribution in [0.2, 0.25) is 0 Å². The number of piperazine rings is 1. The molecule has 0 aromatic carbocycles. The van der Waals surface area contributed by atoms with Crippen LogP contribution in [0.1, 0.15) is 33.6 Å². The van der Waals surface area contributed by atoms with Gasteiger partial charge >= 0.3 is 17.9 Å². The number of nitrogens with zero attached hydrogens (tertiary/aromatic N) is 7. The summed E-state index contributed by atoms with van der Waals surface area (Å²) >= 11 is 0. The number of amides is 2. The van der Waals surface area contributed by atoms with Gasteiger partial charge in [-0.3, -0.25) is 43.6 Å². The lowest BCUT2D eigenvalue weighted by atomic mass is 9.89. The van der Waals surface area contributed by atoms with Crippen molar-refractivity contribution >= 4 is 36.5 Å². The summed E-state index contributed by atoms with van der Waals surface area (Å²) in [4.78, 5) is 81.1. The average molecular weight is 746 g/mol. The van der Waals surface area contributed by atoms with Crippen LogP contribution in [0.15, 0.2) is 0 Å². The van der Waals surface area contributed by atoms with Crippen molar-refractivity contribution in [1.29, 1.82) is 0 Å². The zero-order valence-electron chi connectivity index (χ0n) is 32.4. The third-order valence-electron chi connectivity index (χ3n) is 9.10. The third kappa shape index (κ3) is 20.7. The van der Waals surface area contributed by atoms with Crippen LogP contribution in [0.4, 0.5) is 0 Å². The van der Waals surface area contributed by atoms with Crippen molar-refractivity contribution in [2.45, 2.75) is 39.2 Å². The molecule has 2 amide bonds. The van der Waals surface area contributed by atoms with Gasteiger partial charge in [0.15, 0.2) is 0 Å². The van der Waals surface area contributed by atoms with Gasteiger partial charge in [-0.05, 0) is 40.5 Å². The van der Waals surface area contributed by atoms with E-state index in [-0.39, 0.29) is 37.6 Å². The highest BCUT2D eigenvalue weighted by atomic mass is 16.4. The highest BCUT2D eigenvalue weighted by molar-refractivity contribution is 5.78. The smallest absolute Gasteiger partial charge is 0.317 e. The molecule has 0 spiro atoms. The SMILES string of the molecule is CC.CCN1CCN(C(=O)CN2CCN(CC(=O)O)CCN(CC(=O)O)CCN(CC(=O)O)CC2)CC1.CNC.CNC1(C=O)CCN(C=O)CC1. The van der Waals surface area contributed by atoms with Crippen molar-refractivity contribution in [1.82, 2.24) is 44.9 Å². The van der Waals surface area contributed by atoms with Crippen LogP contribution in [0, 0.1) is 0 Å². The van der Waals surface area contributed by atoms with E-state index in [0.717, 1.165) is 32.3 Å². The van der Waals surface area contributed by atoms with Gasteiger partial charge in [-0.1, -0.05) is 20.8 Å². The van der Waals surface area contributed by atoms with Gasteiger partial charge < -0.3 is 45.4 Å². The number of carbonyl (C=O) groups is 6. The first-order valence-electron chi connectivity index (χ1n) is 18.3. The van der Waals surface area contributed by atoms with Gasteiger partial charge in [0, 0.05) is 91.6 Å². The van der Waals surface area contributed by atoms with Crippen molar-refractivity contribution < 1.29 is 44.1 Å². The standard InChI is InChI=1S/C22H40N6O7.C8H14N2O2.C2H7N.C2H6/c1-2-23-11-13-28(14-12-23)19(29)15-24-3-5-25(16-20(30)31)7-9-27(18-22(34)35)10-8-26(6-4-24)17-21(32)33;1-9-8(6-11)2-4-10(7-12)5-3-8;1-3-2;1-2/h2-18H2,1H3,(H,30,31)(H,32,33)(H,34,35);6-7,9H,2-5H2,1H3;3H,1-2H3;1-2H3. The second-order valence-corrected chi connectivity index (χ2v) is 12.8. The molecule has 0 radical (unpaired) electrons. The predicted molar refractivity (Wildman–Crippen MR) is 198 cm³/mol. The predicted octanol–water partition coefficient (Wildman–Crippen LogP) is -2.12. The van der Waals surface area contributed by atoms with Crippen molar-refractivity contribution in [3.8, 4) is 0 Å². The minimum atomic E-state index is -0.990. The maximum atomic E-state index is 13.0. The fraction of sp³-hybridized carbons (Fsp3) is 0.824. The summed E-state index contributed by atoms with van der Waals surface area (Å²) in [7, 11) is 5.53. The van der Waals surface area contributed by atoms with Gasteiger partial charge in [-0.25, -0.2) is 0 Å². The second kappa shape index (κ2) is 28.3. The van der Waals surface area contributed by atoms with Gasteiger partial charge in [-0.15, -0.1) is 0 Å². The Balaban J connectivity index is 0.00000126. The Kier molecular flexibility index (Phi) is 26.5. The fourth-order valence-corrected chi connectivity index (χ4v) is 5.84. The summed E-state index contributed by atoms with van der Waals surface area (Å²) in [5.41, 5.74) is -0.389. The van der Waals surface area contributed by atoms with Crippen LogP contribution >= 0.6 is 0 Å². The summed E-state index contributed by atoms with van der Waals surface area (Å²) < 4.78 is 0. The Hall–Kier alpha value is -3.26. The number of hydrogen-bond donors (Lipinski definition) is 5. The number of nitrogens with one attached hydrogen (secondary N) is 2. The maximum absolute atomic E-state index is 13.0. The number of carboxylic acids is 3. The van der Waals surface area contributed by atoms with Crippen LogP contribution in [-0.4, -0.2) is 237 Å². The molecule has 0 aliphatic carbocycles. The number of rotatable bonds is 12. The van der Waals surface area contributed by atoms with Crippen LogP contribution < -0.4 is 10.6 Å². The molecule has 0 aromatic rings. The van der Waals surface area contributed by atoms with Crippen LogP contribution in [0.5, 0.6) is 0 Å². The van der Waals surface area contributed by atoms with Crippen molar-refractivity contribution in [2.75, 3.05) is 145 Å². The number of aliphatic carboxylic acids is 3. The van der Waals surface area contributed by atoms with Crippen molar-refractivity contribution in [3.05, 3.63) is 0 Å². The van der Waals surface area contributed by atoms with E-state index in [9.17, 15) is 44.1 Å². The van der Waals surface area contributed by atoms with E-state index in [2.05, 4.69) is 22.5 Å². The number of likely N-dealkylation sites (N-methyl/N-ethyl adjacent to an activating group) is 2. The minimum Gasteiger partial charge on any atom is -0.480 e. The van der Waals surface area contributed by atoms with E-state index in [1.807, 2.05) is 37.7 Å². The van der Waals surface area contributed by atoms with E-state index in [4.69, 9.17) is 0 Å². The van der Waals surface area contributed by atoms with Crippen molar-refractivity contribution in [3.63, 3.8) is 0 Å². The molecule has 0 saturated carbocycles. The topological polar surface area (TPSA) is 210 Å². The number of carboxylic acid groups (broad SMARTS) is 3. The molecule has 0 aromatic heterocycles. The van der Waals surface area contributed by atoms with Gasteiger partial charge in [0.05, 0.1) is 31.7 Å². The van der Waals surface area contributed by atoms with Crippen molar-refractivity contribution in [2.24, 2.45) is 0 Å². The van der Waals surface area contributed by atoms with Gasteiger partial charge in [-0.2, -0.15) is 0 Å². The van der Waals surface area contributed by atoms with E-state index in [1.54, 1.807) is 26.6 Å². The zero-order chi connectivity index (χ0) is 39.5. The van der Waals surface area contributed by atoms with Gasteiger partial charge in [0.1, 0.15) is 6.29 Å². The summed E-state index contributed by atoms with van der Waals surface area (Å²) in [6, 6.07) is 0. The summed E-state index contributed by atoms with van der Waals surface area (Å²) in [6.45, 7) is 14.2. The molecule has 0 unspecified atom stereocenters. The third-order valence-corrected chi connectivity index (χ3v) is 9.10. The van der Waals surface area contributed by atoms with E-state index >= 15 is 0 Å². The molecule has 18 nitrogen and oxygen atoms in total. The number of aldehydes is 1. The molecule has 18 heteroatoms. The zero-order valence-corrected chi connectivity index (χ0v) is 32.4. The summed E-state index contributed by atoms with van der Waals surface area (Å²) in [5.74, 6) is -2.90. The first-order chi connectivity index (χ1) is 24.8. The number of carbonyl (C=O) groups excluding carboxylic acids is 3. The molecule has 0 atom stereocenters. The number of hydrogen-bond acceptors (Lipinski definition) is 13. The van der Waals surface area contributed by atoms with Crippen LogP contribution in [0.3, 0.4) is 0 Å². The normalized spacial score (nSPS) is 19.8. The first kappa shape index (κ1) is 48.7. The highest BCUT2D eigenvalue weighted by Crippen LogP contribution is 2.18. The Labute approximate surface area is 310 Å². The molecule has 3 heterocycles. The Morgan fingerprint density at radius 1 is 0.577 bits per heavy atom. The Bertz CT molecular complexity index is 1010. The fourth-order valence-electron chi connectivity index (χ4n) is 5.84. The van der Waals surface area contributed by atoms with E-state index in [0.29, 0.717) is 91.4 Å². The molecule has 0 bridgehead atoms. The summed E-state index contributed by atoms with van der Waals surface area (Å²) in [5, 5.41) is 33.6. The lowest BCUT2D eigenvalue weighted by molar-refractivity contribution is -0.141. The highest BCUT2D eigenvalue weighted by Gasteiger charge is 2.32. The lowest BCUT2D eigenvalue weighted by Gasteiger charge is -2.36. The lowest BCUT2D eigenvalue weighted by Crippen LogP contribution is -2.53. The van der Waals surface area contributed by atoms with Gasteiger partial charge in [0.2, 0.25) is 12.3 Å². The van der Waals surface area contributed by atoms with Gasteiger partial charge in [0.25, 0.3) is 0 Å². The number of piperidine rings is 1. The van der Waals surface area contributed by atoms with Crippen LogP contribution in [0.25, 0.3) is 0 Å². The molecular weight excluding hydrogens is 678 g/mol. The minimum absolute atomic E-state index is 0.0232. The largest absolute Gasteiger partial charge is 0.480 e. The molecule has 3 aliphatic rings. The molecule has 5 N–H and O–H groups in total. The Morgan fingerprint density at radius 2 is 0.904 bits per heavy atom. The van der Waals surface area contributed by atoms with Crippen LogP contribution in [-0.2, 0) is 28.8 Å². The van der Waals surface area contributed by atoms with E-state index < -0.39 is 17.9 Å². The Morgan fingerprint density at radius 3 is 1.17 bits per heavy atom. The first-order valence-corrected chi connectivity index (χ1v) is 18.3. The molecule has 52 heavy (non-hydrogen) atoms. The second-order valence-electron chi connectivity index (χ2n) is 12.8. The molecule has 3 saturated heterocycles. The maximum Gasteiger partial charge on any atom is 0.317 e. The molecule has 3 aliphatic heterocycles. The summed E-state index contributed by atoms with van der Waals surface area (Å²) in [6.07, 6.45) is 3.22. The average Bonchev–Trinajstić information content (AvgIpc) is 3.13. The quantitative estimate of drug-likeness (QED) is 0.135. The molecule has 302 valence electrons. The number of likely N-dealkylation sites (tertiary alicyclic amines) is 1. The molecule has 3 fully saturated rings. The monoisotopic (exact) mass is 746 g/mol.